The third kappa shape index (κ3) is 14.3. The van der Waals surface area contributed by atoms with Gasteiger partial charge in [-0.1, -0.05) is 151 Å². The highest BCUT2D eigenvalue weighted by Crippen LogP contribution is 2.76. The number of aliphatic hydroxyl groups is 1. The molecule has 2 saturated heterocycles. The van der Waals surface area contributed by atoms with Gasteiger partial charge in [-0.05, 0) is 170 Å². The lowest BCUT2D eigenvalue weighted by atomic mass is 9.33. The molecule has 0 amide bonds. The minimum Gasteiger partial charge on any atom is -0.463 e. The van der Waals surface area contributed by atoms with Crippen LogP contribution < -0.4 is 0 Å². The number of ether oxygens (including phenoxy) is 11. The Bertz CT molecular complexity index is 3880. The van der Waals surface area contributed by atoms with Gasteiger partial charge in [-0.3, -0.25) is 14.4 Å². The molecule has 4 saturated carbocycles. The number of rotatable bonds is 18. The van der Waals surface area contributed by atoms with Gasteiger partial charge in [0.15, 0.2) is 30.7 Å². The zero-order chi connectivity index (χ0) is 71.8. The zero-order valence-electron chi connectivity index (χ0n) is 58.8. The summed E-state index contributed by atoms with van der Waals surface area (Å²) in [5.74, 6) is -6.16. The Morgan fingerprint density at radius 2 is 0.911 bits per heavy atom. The van der Waals surface area contributed by atoms with E-state index in [1.165, 1.54) is 43.7 Å². The molecule has 5 aromatic carbocycles. The lowest BCUT2D eigenvalue weighted by Gasteiger charge is -2.71. The summed E-state index contributed by atoms with van der Waals surface area (Å²) in [5.41, 5.74) is -0.861. The molecule has 536 valence electrons. The first-order valence-electron chi connectivity index (χ1n) is 35.3. The van der Waals surface area contributed by atoms with Crippen LogP contribution in [0.25, 0.3) is 0 Å². The molecular weight excluding hydrogens is 1290 g/mol. The van der Waals surface area contributed by atoms with Crippen molar-refractivity contribution in [3.05, 3.63) is 191 Å². The van der Waals surface area contributed by atoms with Gasteiger partial charge in [0, 0.05) is 13.8 Å². The summed E-state index contributed by atoms with van der Waals surface area (Å²) in [4.78, 5) is 112. The molecule has 5 aliphatic carbocycles. The molecule has 6 fully saturated rings. The smallest absolute Gasteiger partial charge is 0.338 e. The van der Waals surface area contributed by atoms with E-state index in [2.05, 4.69) is 54.5 Å². The maximum Gasteiger partial charge on any atom is 0.338 e. The average molecular weight is 1390 g/mol. The van der Waals surface area contributed by atoms with Crippen molar-refractivity contribution in [2.75, 3.05) is 13.2 Å². The van der Waals surface area contributed by atoms with Gasteiger partial charge in [0.1, 0.15) is 31.5 Å². The Balaban J connectivity index is 0.854. The summed E-state index contributed by atoms with van der Waals surface area (Å²) in [7, 11) is 0. The highest BCUT2D eigenvalue weighted by Gasteiger charge is 2.70. The Hall–Kier alpha value is -8.56. The standard InChI is InChI=1S/C81H92O20/c1-48(82)91-46-57-63(93-49(2)83)65(98-70(87)52-29-19-12-20-30-52)62(84)73(94-57)96-61-38-39-78(7)59(77(61,5)6)37-40-80(9)60(78)36-35-55-56-45-76(3,4)41-43-81(56,44-42-79(55,80)8)75(90)101-74-67(100-72(89)54-33-23-14-24-34-54)66(99-71(88)53-31-21-13-22-32-53)64(97-69(86)51-27-17-11-18-28-51)58(95-74)47-92-68(85)50-25-15-10-16-26-50/h10-35,56-67,73-74,84H,36-47H2,1-9H3/t56-,57+,58+,59-,60+,61-,62+,63+,64+,65+,66-,67+,73-,74-,78-,79+,80+,81-/m0/s1. The monoisotopic (exact) mass is 1380 g/mol. The average Bonchev–Trinajstić information content (AvgIpc) is 0.676. The molecule has 5 aromatic rings. The summed E-state index contributed by atoms with van der Waals surface area (Å²) in [6, 6.07) is 40.8. The summed E-state index contributed by atoms with van der Waals surface area (Å²) in [6.45, 7) is 17.5. The van der Waals surface area contributed by atoms with Crippen LogP contribution in [0.1, 0.15) is 178 Å². The number of carbonyl (C=O) groups excluding carboxylic acids is 8. The summed E-state index contributed by atoms with van der Waals surface area (Å²) in [6.07, 6.45) is -7.10. The quantitative estimate of drug-likeness (QED) is 0.0370. The normalized spacial score (nSPS) is 33.6. The lowest BCUT2D eigenvalue weighted by molar-refractivity contribution is -0.330. The summed E-state index contributed by atoms with van der Waals surface area (Å²) >= 11 is 0. The maximum absolute atomic E-state index is 16.3. The number of fused-ring (bicyclic) bond motifs is 7. The van der Waals surface area contributed by atoms with Gasteiger partial charge in [-0.15, -0.1) is 0 Å². The van der Waals surface area contributed by atoms with E-state index in [1.807, 2.05) is 0 Å². The van der Waals surface area contributed by atoms with Crippen molar-refractivity contribution >= 4 is 47.8 Å². The minimum atomic E-state index is -1.83. The van der Waals surface area contributed by atoms with Crippen LogP contribution in [0.5, 0.6) is 0 Å². The molecule has 101 heavy (non-hydrogen) atoms. The van der Waals surface area contributed by atoms with Crippen LogP contribution in [-0.2, 0) is 66.5 Å². The number of allylic oxidation sites excluding steroid dienone is 2. The fourth-order valence-corrected chi connectivity index (χ4v) is 18.4. The summed E-state index contributed by atoms with van der Waals surface area (Å²) < 4.78 is 69.3. The highest BCUT2D eigenvalue weighted by atomic mass is 16.8. The van der Waals surface area contributed by atoms with E-state index in [4.69, 9.17) is 52.1 Å². The number of esters is 8. The van der Waals surface area contributed by atoms with Crippen molar-refractivity contribution in [1.29, 1.82) is 0 Å². The van der Waals surface area contributed by atoms with Gasteiger partial charge in [-0.25, -0.2) is 24.0 Å². The second-order valence-electron chi connectivity index (χ2n) is 30.6. The van der Waals surface area contributed by atoms with Crippen LogP contribution in [0.4, 0.5) is 0 Å². The van der Waals surface area contributed by atoms with Crippen LogP contribution in [0.3, 0.4) is 0 Å². The predicted molar refractivity (Wildman–Crippen MR) is 365 cm³/mol. The molecular formula is C81H92O20. The molecule has 2 aliphatic heterocycles. The van der Waals surface area contributed by atoms with Crippen molar-refractivity contribution in [3.8, 4) is 0 Å². The number of hydrogen-bond acceptors (Lipinski definition) is 20. The Kier molecular flexibility index (Phi) is 20.8. The van der Waals surface area contributed by atoms with E-state index in [1.54, 1.807) is 127 Å². The van der Waals surface area contributed by atoms with Crippen LogP contribution >= 0.6 is 0 Å². The lowest BCUT2D eigenvalue weighted by Crippen LogP contribution is -2.66. The molecule has 0 spiro atoms. The van der Waals surface area contributed by atoms with Crippen molar-refractivity contribution < 1.29 is 95.6 Å². The van der Waals surface area contributed by atoms with Gasteiger partial charge >= 0.3 is 47.8 Å². The Morgan fingerprint density at radius 1 is 0.455 bits per heavy atom. The number of aliphatic hydroxyl groups excluding tert-OH is 1. The Morgan fingerprint density at radius 3 is 1.43 bits per heavy atom. The van der Waals surface area contributed by atoms with Crippen LogP contribution in [-0.4, -0.2) is 134 Å². The van der Waals surface area contributed by atoms with E-state index in [0.29, 0.717) is 38.5 Å². The minimum absolute atomic E-state index is 0.0945. The zero-order valence-corrected chi connectivity index (χ0v) is 58.8. The molecule has 0 unspecified atom stereocenters. The highest BCUT2D eigenvalue weighted by molar-refractivity contribution is 5.92. The van der Waals surface area contributed by atoms with Crippen LogP contribution in [0, 0.1) is 50.2 Å². The first-order valence-corrected chi connectivity index (χ1v) is 35.3. The molecule has 2 heterocycles. The second-order valence-corrected chi connectivity index (χ2v) is 30.6. The van der Waals surface area contributed by atoms with Gasteiger partial charge in [-0.2, -0.15) is 0 Å². The predicted octanol–water partition coefficient (Wildman–Crippen LogP) is 12.8. The van der Waals surface area contributed by atoms with Crippen molar-refractivity contribution in [3.63, 3.8) is 0 Å². The van der Waals surface area contributed by atoms with Crippen molar-refractivity contribution in [2.24, 2.45) is 50.2 Å². The fourth-order valence-electron chi connectivity index (χ4n) is 18.4. The van der Waals surface area contributed by atoms with E-state index in [-0.39, 0.29) is 68.4 Å². The van der Waals surface area contributed by atoms with E-state index >= 15 is 4.79 Å². The largest absolute Gasteiger partial charge is 0.463 e. The molecule has 7 aliphatic rings. The number of benzene rings is 5. The molecule has 0 aromatic heterocycles. The van der Waals surface area contributed by atoms with Gasteiger partial charge in [0.05, 0.1) is 39.3 Å². The van der Waals surface area contributed by atoms with Crippen molar-refractivity contribution in [2.45, 2.75) is 194 Å². The Labute approximate surface area is 589 Å². The molecule has 0 radical (unpaired) electrons. The first-order chi connectivity index (χ1) is 48.2. The van der Waals surface area contributed by atoms with E-state index in [9.17, 15) is 38.7 Å². The molecule has 20 heteroatoms. The van der Waals surface area contributed by atoms with E-state index < -0.39 is 138 Å². The van der Waals surface area contributed by atoms with Gasteiger partial charge in [0.2, 0.25) is 12.4 Å². The first kappa shape index (κ1) is 72.2. The topological polar surface area (TPSA) is 258 Å². The number of hydrogen-bond donors (Lipinski definition) is 1. The van der Waals surface area contributed by atoms with E-state index in [0.717, 1.165) is 25.7 Å². The second kappa shape index (κ2) is 29.1. The van der Waals surface area contributed by atoms with Gasteiger partial charge in [0.25, 0.3) is 0 Å². The molecule has 12 rings (SSSR count). The van der Waals surface area contributed by atoms with Crippen LogP contribution in [0.2, 0.25) is 0 Å². The van der Waals surface area contributed by atoms with Gasteiger partial charge < -0.3 is 57.2 Å². The molecule has 0 bridgehead atoms. The third-order valence-electron chi connectivity index (χ3n) is 23.9. The van der Waals surface area contributed by atoms with Crippen LogP contribution in [0.15, 0.2) is 163 Å². The number of carbonyl (C=O) groups is 8. The molecule has 18 atom stereocenters. The van der Waals surface area contributed by atoms with Crippen molar-refractivity contribution in [1.82, 2.24) is 0 Å². The fraction of sp³-hybridized carbons (Fsp3) is 0.506. The SMILES string of the molecule is CC(=O)OC[C@H]1O[C@@H](O[C@H]2CC[C@]3(C)[C@H]4CC=C5[C@@H]6CC(C)(C)CC[C@]6(C(=O)O[C@@H]6O[C@H](COC(=O)c7ccccc7)[C@@H](OC(=O)c7ccccc7)[C@H](OC(=O)c7ccccc7)[C@H]6OC(=O)c6ccccc6)CC[C@@]5(C)[C@]4(C)CC[C@H]3C2(C)C)[C@H](O)[C@@H](OC(=O)c2ccccc2)[C@@H]1OC(C)=O. The summed E-state index contributed by atoms with van der Waals surface area (Å²) in [5, 5.41) is 12.2. The maximum atomic E-state index is 16.3. The molecule has 20 nitrogen and oxygen atoms in total. The molecule has 1 N–H and O–H groups in total. The third-order valence-corrected chi connectivity index (χ3v) is 23.9.